The Kier molecular flexibility index (Phi) is 31.4. The van der Waals surface area contributed by atoms with E-state index in [1.165, 1.54) is 90.0 Å². The van der Waals surface area contributed by atoms with Gasteiger partial charge in [0.15, 0.2) is 0 Å². The van der Waals surface area contributed by atoms with Crippen LogP contribution in [-0.4, -0.2) is 217 Å². The molecule has 0 atom stereocenters. The molecule has 5 amide bonds. The Morgan fingerprint density at radius 1 is 0.348 bits per heavy atom. The van der Waals surface area contributed by atoms with Crippen LogP contribution in [-0.2, 0) is 0 Å². The maximum absolute atomic E-state index is 14.2. The molecule has 5 aliphatic rings. The fraction of sp³-hybridized carbons (Fsp3) is 0.210. The molecule has 0 bridgehead atoms. The second-order valence-electron chi connectivity index (χ2n) is 32.4. The van der Waals surface area contributed by atoms with E-state index in [1.54, 1.807) is 131 Å². The molecule has 18 aromatic rings. The Hall–Kier alpha value is -14.2. The first-order valence-corrected chi connectivity index (χ1v) is 52.4. The second kappa shape index (κ2) is 46.3. The SMILES string of the molecule is COc1ccc(F)c(-c2nc(C(=O)Nc3cnccc3N3CCNCC3)cs2)c1.O=C(Nc1cnccc1N1CCNCC1)c1csc(-c2cc3ccccc3s2)n1.O=C(Nc1cnccc1N1CCNCC1)c1csc(-c2ccc3occc3c2)n1.O=C(Nc1cnccc1N1CCNCC1)c1csc(-c2ccc3sccc3c2)n1.O=C(Nc1cnccc1N1CCNCC1)c1csc(-c2cccs2)n1. The Labute approximate surface area is 841 Å². The number of nitrogens with one attached hydrogen (secondary N) is 10. The number of pyridine rings is 5. The molecule has 23 rings (SSSR count). The number of rotatable bonds is 21. The fourth-order valence-electron chi connectivity index (χ4n) is 16.2. The predicted octanol–water partition coefficient (Wildman–Crippen LogP) is 17.7. The molecule has 716 valence electrons. The standard InChI is InChI=1S/C21H19N5O2S.2C21H19N5OS2.C20H20FN5O2S.C17H17N5OS2/c2*27-20(24-16-12-23-5-3-18(16)26-8-6-22-7-9-26)17-13-29-21(25-17)15-1-2-19-14(11-15)4-10-28-19;27-20(24-15-12-23-6-5-17(15)26-9-7-22-8-10-26)16-13-28-21(25-16)19-11-14-3-1-2-4-18(14)29-19;1-28-13-2-3-15(21)14(10-13)20-25-17(12-29-20)19(27)24-16-11-23-5-4-18(16)26-8-6-22-7-9-26;23-16(13-11-25-17(21-13)15-2-1-9-24-15)20-12-10-19-4-3-14(12)22-7-5-18-6-8-22/h2*1-5,10-13,22H,6-9H2,(H,24,27);1-6,11-13,22H,7-10H2,(H,24,27);2-5,10-12,22H,6-9H2,1H3,(H,24,27);1-4,9-11,18H,5-8H2,(H,20,23). The number of piperazine rings is 5. The number of carbonyl (C=O) groups is 5. The van der Waals surface area contributed by atoms with Crippen LogP contribution in [0.3, 0.4) is 0 Å². The number of thiazole rings is 5. The third kappa shape index (κ3) is 23.8. The molecule has 0 saturated carbocycles. The Bertz CT molecular complexity index is 6980. The van der Waals surface area contributed by atoms with Gasteiger partial charge in [-0.05, 0) is 131 Å². The van der Waals surface area contributed by atoms with Crippen LogP contribution in [0.2, 0.25) is 0 Å². The zero-order valence-electron chi connectivity index (χ0n) is 76.0. The number of furan rings is 1. The zero-order chi connectivity index (χ0) is 96.2. The average Bonchev–Trinajstić information content (AvgIpc) is 1.70. The van der Waals surface area contributed by atoms with Gasteiger partial charge < -0.3 is 86.8 Å². The van der Waals surface area contributed by atoms with E-state index in [9.17, 15) is 28.4 Å². The van der Waals surface area contributed by atoms with Crippen molar-refractivity contribution in [1.82, 2.24) is 76.4 Å². The highest BCUT2D eigenvalue weighted by atomic mass is 32.1. The maximum Gasteiger partial charge on any atom is 0.275 e. The van der Waals surface area contributed by atoms with Gasteiger partial charge in [0.1, 0.15) is 70.7 Å². The molecule has 14 aromatic heterocycles. The van der Waals surface area contributed by atoms with Crippen LogP contribution in [0, 0.1) is 5.82 Å². The third-order valence-electron chi connectivity index (χ3n) is 23.4. The lowest BCUT2D eigenvalue weighted by atomic mass is 10.2. The highest BCUT2D eigenvalue weighted by Crippen LogP contribution is 2.40. The number of hydrogen-bond acceptors (Lipinski definition) is 35. The number of fused-ring (bicyclic) bond motifs is 3. The monoisotopic (exact) mass is 2030 g/mol. The predicted molar refractivity (Wildman–Crippen MR) is 569 cm³/mol. The first-order chi connectivity index (χ1) is 69.3. The molecule has 5 saturated heterocycles. The number of anilines is 10. The summed E-state index contributed by atoms with van der Waals surface area (Å²) in [5.41, 5.74) is 13.4. The number of halogens is 1. The average molecular weight is 2030 g/mol. The molecule has 0 radical (unpaired) electrons. The second-order valence-corrected chi connectivity index (χ2v) is 39.7. The van der Waals surface area contributed by atoms with E-state index < -0.39 is 5.82 Å². The van der Waals surface area contributed by atoms with Gasteiger partial charge >= 0.3 is 0 Å². The van der Waals surface area contributed by atoms with Crippen LogP contribution in [0.5, 0.6) is 5.75 Å². The summed E-state index contributed by atoms with van der Waals surface area (Å²) in [6.45, 7) is 18.1. The molecule has 32 nitrogen and oxygen atoms in total. The molecule has 5 fully saturated rings. The summed E-state index contributed by atoms with van der Waals surface area (Å²) >= 11 is 12.1. The lowest BCUT2D eigenvalue weighted by Crippen LogP contribution is -2.43. The summed E-state index contributed by atoms with van der Waals surface area (Å²) in [5, 5.41) is 51.6. The topological polar surface area (TPSA) is 373 Å². The smallest absolute Gasteiger partial charge is 0.275 e. The quantitative estimate of drug-likeness (QED) is 0.0319. The minimum absolute atomic E-state index is 0.205. The maximum atomic E-state index is 14.2. The van der Waals surface area contributed by atoms with Gasteiger partial charge in [0, 0.05) is 220 Å². The number of carbonyl (C=O) groups excluding carboxylic acids is 5. The number of ether oxygens (including phenoxy) is 1. The van der Waals surface area contributed by atoms with E-state index in [-0.39, 0.29) is 35.2 Å². The number of amides is 5. The normalized spacial score (nSPS) is 14.2. The van der Waals surface area contributed by atoms with Crippen molar-refractivity contribution >= 4 is 208 Å². The summed E-state index contributed by atoms with van der Waals surface area (Å²) in [7, 11) is 1.52. The summed E-state index contributed by atoms with van der Waals surface area (Å²) in [5.74, 6) is -1.12. The summed E-state index contributed by atoms with van der Waals surface area (Å²) in [6, 6.07) is 44.7. The molecular formula is C100H94FN25O7S8. The van der Waals surface area contributed by atoms with Crippen LogP contribution in [0.1, 0.15) is 52.4 Å². The van der Waals surface area contributed by atoms with Crippen molar-refractivity contribution in [3.63, 3.8) is 0 Å². The van der Waals surface area contributed by atoms with Gasteiger partial charge in [0.2, 0.25) is 0 Å². The van der Waals surface area contributed by atoms with Gasteiger partial charge in [0.05, 0.1) is 111 Å². The van der Waals surface area contributed by atoms with Crippen LogP contribution in [0.15, 0.2) is 250 Å². The molecule has 5 aliphatic heterocycles. The molecule has 10 N–H and O–H groups in total. The van der Waals surface area contributed by atoms with Crippen molar-refractivity contribution in [2.24, 2.45) is 0 Å². The Morgan fingerprint density at radius 2 is 0.723 bits per heavy atom. The molecule has 4 aromatic carbocycles. The van der Waals surface area contributed by atoms with E-state index >= 15 is 0 Å². The Morgan fingerprint density at radius 3 is 1.13 bits per heavy atom. The minimum atomic E-state index is -0.416. The molecule has 0 unspecified atom stereocenters. The van der Waals surface area contributed by atoms with E-state index in [1.807, 2.05) is 95.0 Å². The van der Waals surface area contributed by atoms with Crippen LogP contribution in [0.25, 0.3) is 82.6 Å². The first-order valence-electron chi connectivity index (χ1n) is 45.4. The van der Waals surface area contributed by atoms with Gasteiger partial charge in [-0.1, -0.05) is 30.3 Å². The highest BCUT2D eigenvalue weighted by molar-refractivity contribution is 7.25. The largest absolute Gasteiger partial charge is 0.497 e. The van der Waals surface area contributed by atoms with Gasteiger partial charge in [0.25, 0.3) is 29.5 Å². The Balaban J connectivity index is 0.000000112. The van der Waals surface area contributed by atoms with Crippen LogP contribution < -0.4 is 82.4 Å². The molecule has 141 heavy (non-hydrogen) atoms. The lowest BCUT2D eigenvalue weighted by molar-refractivity contribution is 0.101. The van der Waals surface area contributed by atoms with Crippen molar-refractivity contribution in [2.75, 3.05) is 189 Å². The summed E-state index contributed by atoms with van der Waals surface area (Å²) in [4.78, 5) is 121. The number of methoxy groups -OCH3 is 1. The minimum Gasteiger partial charge on any atom is -0.497 e. The van der Waals surface area contributed by atoms with Crippen molar-refractivity contribution in [1.29, 1.82) is 0 Å². The fourth-order valence-corrected chi connectivity index (χ4v) is 23.0. The van der Waals surface area contributed by atoms with Crippen molar-refractivity contribution in [3.05, 3.63) is 280 Å². The van der Waals surface area contributed by atoms with E-state index in [2.05, 4.69) is 175 Å². The van der Waals surface area contributed by atoms with E-state index in [0.29, 0.717) is 56.2 Å². The van der Waals surface area contributed by atoms with Gasteiger partial charge in [-0.15, -0.1) is 90.7 Å². The van der Waals surface area contributed by atoms with E-state index in [0.717, 1.165) is 223 Å². The number of aromatic nitrogens is 10. The summed E-state index contributed by atoms with van der Waals surface area (Å²) < 4.78 is 27.2. The molecule has 41 heteroatoms. The highest BCUT2D eigenvalue weighted by Gasteiger charge is 2.27. The van der Waals surface area contributed by atoms with Crippen molar-refractivity contribution in [2.45, 2.75) is 0 Å². The lowest BCUT2D eigenvalue weighted by Gasteiger charge is -2.30. The summed E-state index contributed by atoms with van der Waals surface area (Å²) in [6.07, 6.45) is 18.8. The van der Waals surface area contributed by atoms with Crippen molar-refractivity contribution < 1.29 is 37.5 Å². The van der Waals surface area contributed by atoms with Crippen LogP contribution >= 0.6 is 90.7 Å². The molecule has 19 heterocycles. The van der Waals surface area contributed by atoms with Gasteiger partial charge in [-0.25, -0.2) is 29.3 Å². The number of benzene rings is 4. The van der Waals surface area contributed by atoms with Crippen molar-refractivity contribution in [3.8, 4) is 57.2 Å². The molecule has 0 aliphatic carbocycles. The molecule has 0 spiro atoms. The van der Waals surface area contributed by atoms with Gasteiger partial charge in [-0.3, -0.25) is 48.9 Å². The zero-order valence-corrected chi connectivity index (χ0v) is 82.6. The van der Waals surface area contributed by atoms with Gasteiger partial charge in [-0.2, -0.15) is 0 Å². The number of nitrogens with zero attached hydrogens (tertiary/aromatic N) is 15. The first kappa shape index (κ1) is 95.7. The number of thiophene rings is 3. The van der Waals surface area contributed by atoms with E-state index in [4.69, 9.17) is 9.15 Å². The number of hydrogen-bond donors (Lipinski definition) is 10. The van der Waals surface area contributed by atoms with Crippen LogP contribution in [0.4, 0.5) is 61.3 Å². The third-order valence-corrected chi connectivity index (χ3v) is 30.9. The molecular weight excluding hydrogens is 1940 g/mol.